The van der Waals surface area contributed by atoms with Crippen LogP contribution < -0.4 is 0 Å². The topological polar surface area (TPSA) is 119 Å². The van der Waals surface area contributed by atoms with Gasteiger partial charge in [0.25, 0.3) is 5.17 Å². The maximum Gasteiger partial charge on any atom is 0.269 e. The maximum atomic E-state index is 7.54. The lowest BCUT2D eigenvalue weighted by Gasteiger charge is -2.50. The first kappa shape index (κ1) is 57.5. The molecule has 1 unspecified atom stereocenters. The summed E-state index contributed by atoms with van der Waals surface area (Å²) in [5.41, 5.74) is 6.84. The van der Waals surface area contributed by atoms with Gasteiger partial charge >= 0.3 is 0 Å². The van der Waals surface area contributed by atoms with E-state index < -0.39 is 67.3 Å². The van der Waals surface area contributed by atoms with Crippen molar-refractivity contribution < 1.29 is 52.1 Å². The number of rotatable bonds is 27. The van der Waals surface area contributed by atoms with Gasteiger partial charge in [0.2, 0.25) is 0 Å². The average molecular weight is 1110 g/mol. The molecule has 0 radical (unpaired) electrons. The highest BCUT2D eigenvalue weighted by Gasteiger charge is 2.55. The van der Waals surface area contributed by atoms with Crippen LogP contribution in [0.5, 0.6) is 0 Å². The number of imidazole rings is 1. The van der Waals surface area contributed by atoms with E-state index in [-0.39, 0.29) is 57.8 Å². The van der Waals surface area contributed by atoms with E-state index in [2.05, 4.69) is 4.98 Å². The highest BCUT2D eigenvalue weighted by atomic mass is 32.1. The van der Waals surface area contributed by atoms with Crippen molar-refractivity contribution in [3.63, 3.8) is 0 Å². The molecule has 0 amide bonds. The molecule has 3 heterocycles. The van der Waals surface area contributed by atoms with Crippen molar-refractivity contribution in [1.82, 2.24) is 9.55 Å². The molecule has 2 fully saturated rings. The average Bonchev–Trinajstić information content (AvgIpc) is 4.09. The van der Waals surface area contributed by atoms with E-state index in [1.165, 1.54) is 0 Å². The summed E-state index contributed by atoms with van der Waals surface area (Å²) >= 11 is 6.18. The third kappa shape index (κ3) is 16.5. The van der Waals surface area contributed by atoms with Crippen LogP contribution in [0.3, 0.4) is 0 Å². The van der Waals surface area contributed by atoms with Crippen molar-refractivity contribution in [3.8, 4) is 0 Å². The quantitative estimate of drug-likeness (QED) is 0.0455. The Bertz CT molecular complexity index is 3010. The smallest absolute Gasteiger partial charge is 0.269 e. The summed E-state index contributed by atoms with van der Waals surface area (Å²) in [6.07, 6.45) is -3.78. The van der Waals surface area contributed by atoms with Crippen molar-refractivity contribution in [2.45, 2.75) is 120 Å². The Balaban J connectivity index is 1.07. The molecule has 1 aromatic heterocycles. The minimum absolute atomic E-state index is 0.124. The molecule has 0 bridgehead atoms. The van der Waals surface area contributed by atoms with Crippen molar-refractivity contribution in [2.75, 3.05) is 13.7 Å². The largest absolute Gasteiger partial charge is 0.464 e. The van der Waals surface area contributed by atoms with Crippen molar-refractivity contribution in [2.24, 2.45) is 0 Å². The van der Waals surface area contributed by atoms with Crippen molar-refractivity contribution in [1.29, 1.82) is 0 Å². The van der Waals surface area contributed by atoms with Crippen LogP contribution in [0.1, 0.15) is 45.4 Å². The van der Waals surface area contributed by atoms with Crippen LogP contribution in [0.4, 0.5) is 0 Å². The molecule has 11 atom stereocenters. The molecule has 2 aliphatic heterocycles. The van der Waals surface area contributed by atoms with Crippen molar-refractivity contribution >= 4 is 17.4 Å². The van der Waals surface area contributed by atoms with Gasteiger partial charge < -0.3 is 52.1 Å². The number of hydrogen-bond acceptors (Lipinski definition) is 13. The van der Waals surface area contributed by atoms with Gasteiger partial charge in [0.1, 0.15) is 61.3 Å². The van der Waals surface area contributed by atoms with Crippen molar-refractivity contribution in [3.05, 3.63) is 270 Å². The number of benzene rings is 7. The van der Waals surface area contributed by atoms with E-state index >= 15 is 0 Å². The Labute approximate surface area is 480 Å². The second kappa shape index (κ2) is 30.3. The number of thiocarbonyl (C=S) groups is 1. The molecule has 2 saturated heterocycles. The van der Waals surface area contributed by atoms with E-state index in [1.54, 1.807) is 30.4 Å². The molecular formula is C67H70N2O11S. The molecule has 0 N–H and O–H groups in total. The number of methoxy groups -OCH3 is 1. The normalized spacial score (nSPS) is 23.1. The summed E-state index contributed by atoms with van der Waals surface area (Å²) in [5.74, 6) is 0. The van der Waals surface area contributed by atoms with E-state index in [4.69, 9.17) is 64.3 Å². The molecule has 13 nitrogen and oxygen atoms in total. The van der Waals surface area contributed by atoms with Gasteiger partial charge in [-0.25, -0.2) is 4.98 Å². The minimum Gasteiger partial charge on any atom is -0.464 e. The standard InChI is InChI=1S/C67H70N2O11S/c1-70-66-65(77-46-55-35-21-8-22-36-55)63(75-44-53-31-17-6-18-32-53)59(72-41-50-25-11-3-12-26-50)56(79-66)39-57(80-67(81)69-38-37-68-48-69)61-64(76-45-54-33-19-7-20-34-54)62(74-43-52-29-15-5-16-30-52)60(73-42-51-27-13-4-14-28-51)58(78-61)47-71-40-49-23-9-2-10-24-49/h2-38,48,56-66H,39-47H2,1H3/t56-,57?,58-,59-,60-,61-,62+,63+,64-,65+,66+/m1/s1. The zero-order chi connectivity index (χ0) is 55.3. The first-order valence-corrected chi connectivity index (χ1v) is 28.0. The summed E-state index contributed by atoms with van der Waals surface area (Å²) in [6, 6.07) is 70.3. The Kier molecular flexibility index (Phi) is 21.5. The highest BCUT2D eigenvalue weighted by molar-refractivity contribution is 7.80. The number of hydrogen-bond donors (Lipinski definition) is 0. The predicted octanol–water partition coefficient (Wildman–Crippen LogP) is 11.7. The fraction of sp³-hybridized carbons (Fsp3) is 0.313. The molecule has 0 aliphatic carbocycles. The first-order valence-electron chi connectivity index (χ1n) is 27.6. The molecule has 81 heavy (non-hydrogen) atoms. The Morgan fingerprint density at radius 2 is 0.802 bits per heavy atom. The molecule has 7 aromatic carbocycles. The Hall–Kier alpha value is -6.76. The predicted molar refractivity (Wildman–Crippen MR) is 310 cm³/mol. The maximum absolute atomic E-state index is 7.54. The van der Waals surface area contributed by atoms with Gasteiger partial charge in [0.05, 0.1) is 59.0 Å². The summed E-state index contributed by atoms with van der Waals surface area (Å²) in [6.45, 7) is 1.94. The summed E-state index contributed by atoms with van der Waals surface area (Å²) in [5, 5.41) is 0.130. The van der Waals surface area contributed by atoms with Crippen LogP contribution in [-0.4, -0.2) is 95.8 Å². The summed E-state index contributed by atoms with van der Waals surface area (Å²) in [4.78, 5) is 4.33. The fourth-order valence-electron chi connectivity index (χ4n) is 10.3. The van der Waals surface area contributed by atoms with Crippen LogP contribution in [0.2, 0.25) is 0 Å². The van der Waals surface area contributed by atoms with E-state index in [1.807, 2.05) is 212 Å². The second-order valence-corrected chi connectivity index (χ2v) is 20.5. The molecule has 14 heteroatoms. The van der Waals surface area contributed by atoms with Gasteiger partial charge in [0, 0.05) is 25.9 Å². The van der Waals surface area contributed by atoms with E-state index in [0.717, 1.165) is 38.9 Å². The monoisotopic (exact) mass is 1110 g/mol. The first-order chi connectivity index (χ1) is 40.0. The Morgan fingerprint density at radius 1 is 0.444 bits per heavy atom. The third-order valence-electron chi connectivity index (χ3n) is 14.4. The van der Waals surface area contributed by atoms with Gasteiger partial charge in [-0.1, -0.05) is 212 Å². The number of ether oxygens (including phenoxy) is 11. The van der Waals surface area contributed by atoms with Crippen LogP contribution in [0.15, 0.2) is 231 Å². The van der Waals surface area contributed by atoms with Crippen LogP contribution in [0, 0.1) is 0 Å². The zero-order valence-electron chi connectivity index (χ0n) is 45.4. The molecule has 0 spiro atoms. The molecule has 0 saturated carbocycles. The van der Waals surface area contributed by atoms with E-state index in [0.29, 0.717) is 6.61 Å². The van der Waals surface area contributed by atoms with E-state index in [9.17, 15) is 0 Å². The molecule has 2 aliphatic rings. The van der Waals surface area contributed by atoms with Gasteiger partial charge in [-0.3, -0.25) is 4.57 Å². The third-order valence-corrected chi connectivity index (χ3v) is 14.7. The van der Waals surface area contributed by atoms with Crippen LogP contribution in [-0.2, 0) is 98.4 Å². The van der Waals surface area contributed by atoms with Crippen LogP contribution in [0.25, 0.3) is 0 Å². The molecule has 8 aromatic rings. The second-order valence-electron chi connectivity index (χ2n) is 20.1. The zero-order valence-corrected chi connectivity index (χ0v) is 46.3. The summed E-state index contributed by atoms with van der Waals surface area (Å²) in [7, 11) is 1.62. The Morgan fingerprint density at radius 3 is 1.20 bits per heavy atom. The van der Waals surface area contributed by atoms with Gasteiger partial charge in [-0.2, -0.15) is 0 Å². The van der Waals surface area contributed by atoms with Gasteiger partial charge in [-0.15, -0.1) is 0 Å². The SMILES string of the molecule is CO[C@H]1O[C@H](CC(OC(=S)n2ccnc2)[C@H]2O[C@H](COCc3ccccc3)[C@@H](OCc3ccccc3)[C@H](OCc3ccccc3)[C@@H]2OCc2ccccc2)[C@@H](OCc2ccccc2)[C@H](OCc2ccccc2)[C@@H]1OCc1ccccc1. The number of nitrogens with zero attached hydrogens (tertiary/aromatic N) is 2. The van der Waals surface area contributed by atoms with Gasteiger partial charge in [-0.05, 0) is 51.2 Å². The number of aromatic nitrogens is 2. The minimum atomic E-state index is -0.933. The lowest BCUT2D eigenvalue weighted by atomic mass is 9.87. The molecule has 420 valence electrons. The van der Waals surface area contributed by atoms with Crippen LogP contribution >= 0.6 is 12.2 Å². The molecule has 10 rings (SSSR count). The molecular weight excluding hydrogens is 1040 g/mol. The lowest BCUT2D eigenvalue weighted by molar-refractivity contribution is -0.325. The lowest BCUT2D eigenvalue weighted by Crippen LogP contribution is -2.66. The highest BCUT2D eigenvalue weighted by Crippen LogP contribution is 2.38. The fourth-order valence-corrected chi connectivity index (χ4v) is 10.5. The van der Waals surface area contributed by atoms with Gasteiger partial charge in [0.15, 0.2) is 6.29 Å². The summed E-state index contributed by atoms with van der Waals surface area (Å²) < 4.78 is 79.1.